The minimum Gasteiger partial charge on any atom is -0.441 e. The fraction of sp³-hybridized carbons (Fsp3) is 0.308. The standard InChI is InChI=1S/C13H11ClF3NO/c14-7-1-2-12-18-8-11(19-12)9-3-5-10(6-4-9)13(15,16)17/h3-6,8H,1-2,7H2. The van der Waals surface area contributed by atoms with E-state index in [-0.39, 0.29) is 0 Å². The highest BCUT2D eigenvalue weighted by Crippen LogP contribution is 2.31. The van der Waals surface area contributed by atoms with E-state index in [0.717, 1.165) is 18.6 Å². The van der Waals surface area contributed by atoms with Gasteiger partial charge in [0.15, 0.2) is 11.7 Å². The summed E-state index contributed by atoms with van der Waals surface area (Å²) >= 11 is 5.56. The van der Waals surface area contributed by atoms with E-state index in [1.807, 2.05) is 0 Å². The summed E-state index contributed by atoms with van der Waals surface area (Å²) in [6.45, 7) is 0. The van der Waals surface area contributed by atoms with Crippen molar-refractivity contribution >= 4 is 11.6 Å². The number of aromatic nitrogens is 1. The maximum Gasteiger partial charge on any atom is 0.416 e. The molecule has 0 bridgehead atoms. The summed E-state index contributed by atoms with van der Waals surface area (Å²) in [5.74, 6) is 1.51. The summed E-state index contributed by atoms with van der Waals surface area (Å²) in [4.78, 5) is 4.05. The SMILES string of the molecule is FC(F)(F)c1ccc(-c2cnc(CCCCl)o2)cc1. The third kappa shape index (κ3) is 3.50. The van der Waals surface area contributed by atoms with Crippen LogP contribution in [0.3, 0.4) is 0 Å². The van der Waals surface area contributed by atoms with E-state index in [4.69, 9.17) is 16.0 Å². The first-order chi connectivity index (χ1) is 9.00. The van der Waals surface area contributed by atoms with Crippen molar-refractivity contribution in [1.29, 1.82) is 0 Å². The molecular formula is C13H11ClF3NO. The molecule has 0 aliphatic heterocycles. The minimum atomic E-state index is -4.33. The van der Waals surface area contributed by atoms with Gasteiger partial charge in [0.2, 0.25) is 0 Å². The highest BCUT2D eigenvalue weighted by molar-refractivity contribution is 6.17. The number of rotatable bonds is 4. The van der Waals surface area contributed by atoms with Gasteiger partial charge in [0.1, 0.15) is 0 Å². The van der Waals surface area contributed by atoms with Crippen LogP contribution in [0.1, 0.15) is 17.9 Å². The van der Waals surface area contributed by atoms with Crippen LogP contribution in [0.5, 0.6) is 0 Å². The van der Waals surface area contributed by atoms with E-state index in [1.165, 1.54) is 18.3 Å². The summed E-state index contributed by atoms with van der Waals surface area (Å²) in [5, 5.41) is 0. The maximum absolute atomic E-state index is 12.4. The Balaban J connectivity index is 2.16. The second-order valence-corrected chi connectivity index (χ2v) is 4.36. The summed E-state index contributed by atoms with van der Waals surface area (Å²) < 4.78 is 42.7. The summed E-state index contributed by atoms with van der Waals surface area (Å²) in [5.41, 5.74) is -0.115. The third-order valence-corrected chi connectivity index (χ3v) is 2.84. The number of aryl methyl sites for hydroxylation is 1. The van der Waals surface area contributed by atoms with Crippen molar-refractivity contribution in [3.8, 4) is 11.3 Å². The van der Waals surface area contributed by atoms with Crippen molar-refractivity contribution in [3.63, 3.8) is 0 Å². The molecule has 2 aromatic rings. The first-order valence-corrected chi connectivity index (χ1v) is 6.22. The van der Waals surface area contributed by atoms with Crippen molar-refractivity contribution in [1.82, 2.24) is 4.98 Å². The predicted molar refractivity (Wildman–Crippen MR) is 66.0 cm³/mol. The molecule has 2 nitrogen and oxygen atoms in total. The van der Waals surface area contributed by atoms with Crippen LogP contribution in [0.15, 0.2) is 34.9 Å². The molecule has 0 amide bonds. The molecule has 0 atom stereocenters. The van der Waals surface area contributed by atoms with Crippen LogP contribution in [0, 0.1) is 0 Å². The molecule has 0 unspecified atom stereocenters. The highest BCUT2D eigenvalue weighted by Gasteiger charge is 2.30. The Bertz CT molecular complexity index is 534. The Kier molecular flexibility index (Phi) is 4.14. The number of hydrogen-bond acceptors (Lipinski definition) is 2. The second kappa shape index (κ2) is 5.65. The first-order valence-electron chi connectivity index (χ1n) is 5.69. The number of halogens is 4. The van der Waals surface area contributed by atoms with Crippen LogP contribution in [0.2, 0.25) is 0 Å². The quantitative estimate of drug-likeness (QED) is 0.773. The third-order valence-electron chi connectivity index (χ3n) is 2.57. The average molecular weight is 290 g/mol. The van der Waals surface area contributed by atoms with Crippen LogP contribution in [-0.2, 0) is 12.6 Å². The van der Waals surface area contributed by atoms with Crippen LogP contribution in [0.25, 0.3) is 11.3 Å². The van der Waals surface area contributed by atoms with Gasteiger partial charge in [0.05, 0.1) is 11.8 Å². The molecule has 0 aliphatic rings. The van der Waals surface area contributed by atoms with Gasteiger partial charge in [-0.2, -0.15) is 13.2 Å². The Morgan fingerprint density at radius 3 is 2.42 bits per heavy atom. The van der Waals surface area contributed by atoms with Crippen molar-refractivity contribution in [2.45, 2.75) is 19.0 Å². The van der Waals surface area contributed by atoms with Gasteiger partial charge in [-0.25, -0.2) is 4.98 Å². The number of oxazole rings is 1. The molecule has 0 N–H and O–H groups in total. The Morgan fingerprint density at radius 1 is 1.16 bits per heavy atom. The Hall–Kier alpha value is -1.49. The van der Waals surface area contributed by atoms with Crippen LogP contribution >= 0.6 is 11.6 Å². The zero-order chi connectivity index (χ0) is 13.9. The van der Waals surface area contributed by atoms with E-state index in [0.29, 0.717) is 29.5 Å². The van der Waals surface area contributed by atoms with Gasteiger partial charge in [-0.1, -0.05) is 12.1 Å². The summed E-state index contributed by atoms with van der Waals surface area (Å²) in [6, 6.07) is 4.79. The smallest absolute Gasteiger partial charge is 0.416 e. The lowest BCUT2D eigenvalue weighted by atomic mass is 10.1. The Morgan fingerprint density at radius 2 is 1.84 bits per heavy atom. The van der Waals surface area contributed by atoms with Gasteiger partial charge in [0, 0.05) is 17.9 Å². The van der Waals surface area contributed by atoms with E-state index < -0.39 is 11.7 Å². The number of alkyl halides is 4. The fourth-order valence-electron chi connectivity index (χ4n) is 1.60. The Labute approximate surface area is 113 Å². The maximum atomic E-state index is 12.4. The molecule has 0 saturated carbocycles. The lowest BCUT2D eigenvalue weighted by molar-refractivity contribution is -0.137. The lowest BCUT2D eigenvalue weighted by Crippen LogP contribution is -2.03. The van der Waals surface area contributed by atoms with Gasteiger partial charge in [-0.3, -0.25) is 0 Å². The van der Waals surface area contributed by atoms with Gasteiger partial charge in [-0.05, 0) is 18.6 Å². The second-order valence-electron chi connectivity index (χ2n) is 3.99. The molecule has 19 heavy (non-hydrogen) atoms. The van der Waals surface area contributed by atoms with Gasteiger partial charge in [0.25, 0.3) is 0 Å². The largest absolute Gasteiger partial charge is 0.441 e. The van der Waals surface area contributed by atoms with Crippen LogP contribution in [-0.4, -0.2) is 10.9 Å². The number of nitrogens with zero attached hydrogens (tertiary/aromatic N) is 1. The van der Waals surface area contributed by atoms with Crippen molar-refractivity contribution < 1.29 is 17.6 Å². The van der Waals surface area contributed by atoms with Crippen molar-refractivity contribution in [2.24, 2.45) is 0 Å². The van der Waals surface area contributed by atoms with Gasteiger partial charge >= 0.3 is 6.18 Å². The molecule has 6 heteroatoms. The number of benzene rings is 1. The number of hydrogen-bond donors (Lipinski definition) is 0. The molecule has 1 aromatic carbocycles. The summed E-state index contributed by atoms with van der Waals surface area (Å²) in [7, 11) is 0. The minimum absolute atomic E-state index is 0.457. The molecule has 1 heterocycles. The molecule has 2 rings (SSSR count). The first kappa shape index (κ1) is 13.9. The predicted octanol–water partition coefficient (Wildman–Crippen LogP) is 4.53. The molecule has 102 valence electrons. The monoisotopic (exact) mass is 289 g/mol. The van der Waals surface area contributed by atoms with E-state index in [9.17, 15) is 13.2 Å². The topological polar surface area (TPSA) is 26.0 Å². The molecule has 1 aromatic heterocycles. The zero-order valence-electron chi connectivity index (χ0n) is 9.88. The van der Waals surface area contributed by atoms with E-state index in [1.54, 1.807) is 0 Å². The zero-order valence-corrected chi connectivity index (χ0v) is 10.6. The molecule has 0 aliphatic carbocycles. The van der Waals surface area contributed by atoms with Gasteiger partial charge in [-0.15, -0.1) is 11.6 Å². The normalized spacial score (nSPS) is 11.8. The molecule has 0 radical (unpaired) electrons. The molecule has 0 saturated heterocycles. The lowest BCUT2D eigenvalue weighted by Gasteiger charge is -2.06. The molecule has 0 spiro atoms. The highest BCUT2D eigenvalue weighted by atomic mass is 35.5. The van der Waals surface area contributed by atoms with Crippen molar-refractivity contribution in [3.05, 3.63) is 41.9 Å². The molecular weight excluding hydrogens is 279 g/mol. The average Bonchev–Trinajstić information content (AvgIpc) is 2.84. The van der Waals surface area contributed by atoms with Crippen molar-refractivity contribution in [2.75, 3.05) is 5.88 Å². The van der Waals surface area contributed by atoms with Crippen LogP contribution < -0.4 is 0 Å². The molecule has 0 fully saturated rings. The van der Waals surface area contributed by atoms with Gasteiger partial charge < -0.3 is 4.42 Å². The van der Waals surface area contributed by atoms with Crippen LogP contribution in [0.4, 0.5) is 13.2 Å². The van der Waals surface area contributed by atoms with E-state index in [2.05, 4.69) is 4.98 Å². The fourth-order valence-corrected chi connectivity index (χ4v) is 1.73. The van der Waals surface area contributed by atoms with E-state index >= 15 is 0 Å². The summed E-state index contributed by atoms with van der Waals surface area (Å²) in [6.07, 6.45) is -1.46.